The van der Waals surface area contributed by atoms with Gasteiger partial charge in [0, 0.05) is 6.42 Å². The van der Waals surface area contributed by atoms with Crippen LogP contribution in [-0.2, 0) is 23.8 Å². The Morgan fingerprint density at radius 3 is 1.12 bits per heavy atom. The zero-order chi connectivity index (χ0) is 68.1. The van der Waals surface area contributed by atoms with Gasteiger partial charge in [-0.25, -0.2) is 0 Å². The number of unbranched alkanes of at least 4 members (excludes halogenated alkanes) is 40. The molecule has 6 N–H and O–H groups in total. The molecule has 94 heavy (non-hydrogen) atoms. The van der Waals surface area contributed by atoms with Gasteiger partial charge in [-0.2, -0.15) is 0 Å². The van der Waals surface area contributed by atoms with Gasteiger partial charge in [0.1, 0.15) is 24.4 Å². The summed E-state index contributed by atoms with van der Waals surface area (Å²) in [6.45, 7) is 5.78. The van der Waals surface area contributed by atoms with Crippen LogP contribution in [-0.4, -0.2) is 99.6 Å². The predicted molar refractivity (Wildman–Crippen MR) is 398 cm³/mol. The van der Waals surface area contributed by atoms with E-state index < -0.39 is 67.4 Å². The first kappa shape index (κ1) is 88.6. The van der Waals surface area contributed by atoms with Gasteiger partial charge >= 0.3 is 5.97 Å². The van der Waals surface area contributed by atoms with E-state index in [1.54, 1.807) is 6.08 Å². The van der Waals surface area contributed by atoms with Crippen molar-refractivity contribution < 1.29 is 49.3 Å². The van der Waals surface area contributed by atoms with Gasteiger partial charge in [0.05, 0.1) is 25.4 Å². The molecule has 0 aromatic carbocycles. The number of hydrogen-bond acceptors (Lipinski definition) is 10. The van der Waals surface area contributed by atoms with E-state index >= 15 is 0 Å². The summed E-state index contributed by atoms with van der Waals surface area (Å²) in [6, 6.07) is -1.03. The van der Waals surface area contributed by atoms with Crippen molar-refractivity contribution in [3.05, 3.63) is 97.2 Å². The Morgan fingerprint density at radius 1 is 0.415 bits per heavy atom. The van der Waals surface area contributed by atoms with Gasteiger partial charge in [-0.1, -0.05) is 336 Å². The van der Waals surface area contributed by atoms with Crippen molar-refractivity contribution in [3.63, 3.8) is 0 Å². The lowest BCUT2D eigenvalue weighted by Crippen LogP contribution is -2.61. The van der Waals surface area contributed by atoms with Crippen LogP contribution in [0.3, 0.4) is 0 Å². The van der Waals surface area contributed by atoms with Crippen LogP contribution in [0.2, 0.25) is 0 Å². The molecule has 0 radical (unpaired) electrons. The van der Waals surface area contributed by atoms with Crippen LogP contribution in [0, 0.1) is 0 Å². The molecule has 8 atom stereocenters. The average Bonchev–Trinajstić information content (AvgIpc) is 0.828. The molecule has 0 aromatic heterocycles. The van der Waals surface area contributed by atoms with Gasteiger partial charge in [-0.05, 0) is 109 Å². The van der Waals surface area contributed by atoms with Crippen molar-refractivity contribution in [1.29, 1.82) is 0 Å². The summed E-state index contributed by atoms with van der Waals surface area (Å²) in [5, 5.41) is 57.4. The topological polar surface area (TPSA) is 175 Å². The molecule has 544 valence electrons. The maximum Gasteiger partial charge on any atom is 0.306 e. The minimum Gasteiger partial charge on any atom is -0.454 e. The summed E-state index contributed by atoms with van der Waals surface area (Å²) in [6.07, 6.45) is 84.5. The number of nitrogens with one attached hydrogen (secondary N) is 1. The number of ether oxygens (including phenoxy) is 3. The van der Waals surface area contributed by atoms with Crippen LogP contribution in [0.1, 0.15) is 355 Å². The van der Waals surface area contributed by atoms with Gasteiger partial charge in [0.15, 0.2) is 12.4 Å². The molecular formula is C83H147NO10. The number of hydrogen-bond donors (Lipinski definition) is 6. The lowest BCUT2D eigenvalue weighted by atomic mass is 9.99. The van der Waals surface area contributed by atoms with Crippen molar-refractivity contribution in [2.24, 2.45) is 0 Å². The standard InChI is InChI=1S/C83H147NO10/c1-4-7-10-13-16-19-22-25-27-29-31-33-35-37-39-41-43-45-47-49-51-53-56-59-62-65-68-71-78(88)94-81-80(90)79(89)77(72-85)93-83(81)92-73-74(75(86)69-66-63-60-57-54-24-21-18-15-12-9-6-3)84-82(91)76(87)70-67-64-61-58-55-52-50-48-46-44-42-40-38-36-34-32-30-28-26-23-20-17-14-11-8-5-2/h16-17,19-20,25-28,31-34,38,40,66,69,74-77,79-81,83,85-87,89-90H,4-15,18,21-24,29-30,35-37,39,41-65,67-68,70-73H2,1-3H3,(H,84,91)/b19-16-,20-17-,27-25-,28-26-,33-31-,34-32-,40-38-,69-66+. The number of carbonyl (C=O) groups is 2. The van der Waals surface area contributed by atoms with Crippen LogP contribution < -0.4 is 5.32 Å². The molecule has 0 aliphatic carbocycles. The highest BCUT2D eigenvalue weighted by Gasteiger charge is 2.47. The zero-order valence-corrected chi connectivity index (χ0v) is 60.8. The first-order chi connectivity index (χ1) is 46.2. The summed E-state index contributed by atoms with van der Waals surface area (Å²) in [4.78, 5) is 26.8. The molecule has 0 bridgehead atoms. The van der Waals surface area contributed by atoms with E-state index in [2.05, 4.69) is 111 Å². The van der Waals surface area contributed by atoms with E-state index in [4.69, 9.17) is 14.2 Å². The minimum absolute atomic E-state index is 0.120. The molecule has 11 heteroatoms. The first-order valence-corrected chi connectivity index (χ1v) is 39.5. The fourth-order valence-corrected chi connectivity index (χ4v) is 12.0. The molecule has 8 unspecified atom stereocenters. The summed E-state index contributed by atoms with van der Waals surface area (Å²) < 4.78 is 17.7. The van der Waals surface area contributed by atoms with Gasteiger partial charge in [-0.3, -0.25) is 9.59 Å². The molecular weight excluding hydrogens is 1170 g/mol. The van der Waals surface area contributed by atoms with Gasteiger partial charge in [-0.15, -0.1) is 0 Å². The van der Waals surface area contributed by atoms with Crippen LogP contribution in [0.25, 0.3) is 0 Å². The SMILES string of the molecule is CCCCC/C=C\C/C=C\C/C=C\C/C=C\CCCCCCCCCCCCC(O)C(=O)NC(COC1OC(CO)C(O)C(O)C1OC(=O)CCCCCCCCCCCCCCCC/C=C\C/C=C\C/C=C\CCCCC)C(O)/C=C/CCCCCCCCCCCC. The Hall–Kier alpha value is -3.42. The highest BCUT2D eigenvalue weighted by atomic mass is 16.7. The monoisotopic (exact) mass is 1320 g/mol. The zero-order valence-electron chi connectivity index (χ0n) is 60.8. The first-order valence-electron chi connectivity index (χ1n) is 39.5. The summed E-state index contributed by atoms with van der Waals surface area (Å²) in [5.41, 5.74) is 0. The molecule has 1 aliphatic rings. The van der Waals surface area contributed by atoms with Crippen molar-refractivity contribution in [1.82, 2.24) is 5.32 Å². The maximum absolute atomic E-state index is 13.5. The molecule has 1 aliphatic heterocycles. The quantitative estimate of drug-likeness (QED) is 0.0195. The van der Waals surface area contributed by atoms with Gasteiger partial charge < -0.3 is 45.1 Å². The number of esters is 1. The molecule has 0 spiro atoms. The number of amides is 1. The summed E-state index contributed by atoms with van der Waals surface area (Å²) in [7, 11) is 0. The molecule has 0 saturated carbocycles. The Labute approximate surface area is 577 Å². The summed E-state index contributed by atoms with van der Waals surface area (Å²) in [5.74, 6) is -1.19. The molecule has 1 amide bonds. The number of aliphatic hydroxyl groups excluding tert-OH is 5. The van der Waals surface area contributed by atoms with E-state index in [-0.39, 0.29) is 19.4 Å². The fourth-order valence-electron chi connectivity index (χ4n) is 12.0. The smallest absolute Gasteiger partial charge is 0.306 e. The second-order valence-corrected chi connectivity index (χ2v) is 27.1. The third-order valence-electron chi connectivity index (χ3n) is 18.2. The lowest BCUT2D eigenvalue weighted by molar-refractivity contribution is -0.305. The van der Waals surface area contributed by atoms with Crippen molar-refractivity contribution in [3.8, 4) is 0 Å². The molecule has 1 fully saturated rings. The van der Waals surface area contributed by atoms with E-state index in [1.807, 2.05) is 6.08 Å². The van der Waals surface area contributed by atoms with Gasteiger partial charge in [0.25, 0.3) is 0 Å². The lowest BCUT2D eigenvalue weighted by Gasteiger charge is -2.41. The molecule has 1 heterocycles. The second kappa shape index (κ2) is 69.5. The second-order valence-electron chi connectivity index (χ2n) is 27.1. The van der Waals surface area contributed by atoms with Crippen LogP contribution in [0.5, 0.6) is 0 Å². The highest BCUT2D eigenvalue weighted by Crippen LogP contribution is 2.26. The van der Waals surface area contributed by atoms with Crippen molar-refractivity contribution >= 4 is 11.9 Å². The van der Waals surface area contributed by atoms with E-state index in [0.717, 1.165) is 96.3 Å². The Morgan fingerprint density at radius 2 is 0.734 bits per heavy atom. The van der Waals surface area contributed by atoms with Crippen LogP contribution >= 0.6 is 0 Å². The summed E-state index contributed by atoms with van der Waals surface area (Å²) >= 11 is 0. The average molecular weight is 1320 g/mol. The van der Waals surface area contributed by atoms with Crippen molar-refractivity contribution in [2.75, 3.05) is 13.2 Å². The number of carbonyl (C=O) groups excluding carboxylic acids is 2. The molecule has 0 aromatic rings. The van der Waals surface area contributed by atoms with E-state index in [0.29, 0.717) is 12.8 Å². The van der Waals surface area contributed by atoms with E-state index in [1.165, 1.54) is 212 Å². The Balaban J connectivity index is 2.51. The van der Waals surface area contributed by atoms with Crippen LogP contribution in [0.4, 0.5) is 0 Å². The molecule has 1 saturated heterocycles. The largest absolute Gasteiger partial charge is 0.454 e. The predicted octanol–water partition coefficient (Wildman–Crippen LogP) is 21.4. The van der Waals surface area contributed by atoms with Gasteiger partial charge in [0.2, 0.25) is 5.91 Å². The van der Waals surface area contributed by atoms with Crippen molar-refractivity contribution in [2.45, 2.75) is 404 Å². The third kappa shape index (κ3) is 55.6. The minimum atomic E-state index is -1.62. The van der Waals surface area contributed by atoms with Crippen LogP contribution in [0.15, 0.2) is 97.2 Å². The third-order valence-corrected chi connectivity index (χ3v) is 18.2. The number of aliphatic hydroxyl groups is 5. The number of rotatable bonds is 68. The fraction of sp³-hybridized carbons (Fsp3) is 0.783. The molecule has 1 rings (SSSR count). The van der Waals surface area contributed by atoms with E-state index in [9.17, 15) is 35.1 Å². The maximum atomic E-state index is 13.5. The highest BCUT2D eigenvalue weighted by molar-refractivity contribution is 5.80. The normalized spacial score (nSPS) is 18.3. The number of allylic oxidation sites excluding steroid dienone is 15. The molecule has 11 nitrogen and oxygen atoms in total. The Kier molecular flexibility index (Phi) is 65.5. The Bertz CT molecular complexity index is 1910.